The van der Waals surface area contributed by atoms with Crippen LogP contribution in [0.2, 0.25) is 0 Å². The van der Waals surface area contributed by atoms with Crippen molar-refractivity contribution in [3.05, 3.63) is 12.7 Å². The Hall–Kier alpha value is -1.32. The molecule has 1 fully saturated rings. The van der Waals surface area contributed by atoms with Gasteiger partial charge in [-0.25, -0.2) is 0 Å². The van der Waals surface area contributed by atoms with Gasteiger partial charge in [-0.1, -0.05) is 26.8 Å². The summed E-state index contributed by atoms with van der Waals surface area (Å²) in [6.45, 7) is 11.9. The molecule has 0 bridgehead atoms. The fourth-order valence-electron chi connectivity index (χ4n) is 2.16. The van der Waals surface area contributed by atoms with Crippen molar-refractivity contribution in [1.29, 1.82) is 0 Å². The topological polar surface area (TPSA) is 46.6 Å². The summed E-state index contributed by atoms with van der Waals surface area (Å²) in [6, 6.07) is 0.268. The summed E-state index contributed by atoms with van der Waals surface area (Å²) in [5.74, 6) is -1.30. The number of ether oxygens (including phenoxy) is 1. The Balaban J connectivity index is 2.92. The SMILES string of the molecule is C=CCN(C(=O)C(C(=O)OCC)C(C)(C)C)C1CC1. The highest BCUT2D eigenvalue weighted by atomic mass is 16.5. The van der Waals surface area contributed by atoms with Crippen LogP contribution in [0.1, 0.15) is 40.5 Å². The van der Waals surface area contributed by atoms with Gasteiger partial charge in [0.15, 0.2) is 0 Å². The number of nitrogens with zero attached hydrogens (tertiary/aromatic N) is 1. The normalized spacial score (nSPS) is 16.6. The van der Waals surface area contributed by atoms with Crippen LogP contribution >= 0.6 is 0 Å². The molecule has 4 nitrogen and oxygen atoms in total. The van der Waals surface area contributed by atoms with Gasteiger partial charge in [0.25, 0.3) is 0 Å². The molecule has 0 aromatic rings. The molecule has 0 heterocycles. The van der Waals surface area contributed by atoms with Crippen LogP contribution in [-0.2, 0) is 14.3 Å². The highest BCUT2D eigenvalue weighted by Crippen LogP contribution is 2.34. The fraction of sp³-hybridized carbons (Fsp3) is 0.733. The monoisotopic (exact) mass is 267 g/mol. The standard InChI is InChI=1S/C15H25NO3/c1-6-10-16(11-8-9-11)13(17)12(15(3,4)5)14(18)19-7-2/h6,11-12H,1,7-10H2,2-5H3. The van der Waals surface area contributed by atoms with Crippen molar-refractivity contribution in [1.82, 2.24) is 4.90 Å². The minimum atomic E-state index is -0.743. The molecule has 0 aromatic heterocycles. The molecule has 1 aliphatic rings. The third-order valence-electron chi connectivity index (χ3n) is 3.23. The van der Waals surface area contributed by atoms with E-state index in [9.17, 15) is 9.59 Å². The van der Waals surface area contributed by atoms with Crippen molar-refractivity contribution in [2.24, 2.45) is 11.3 Å². The van der Waals surface area contributed by atoms with E-state index < -0.39 is 17.3 Å². The molecule has 0 aliphatic heterocycles. The number of carbonyl (C=O) groups is 2. The molecule has 1 amide bonds. The molecule has 1 saturated carbocycles. The van der Waals surface area contributed by atoms with E-state index in [-0.39, 0.29) is 11.9 Å². The molecule has 1 atom stereocenters. The van der Waals surface area contributed by atoms with Crippen LogP contribution in [0.4, 0.5) is 0 Å². The first-order valence-electron chi connectivity index (χ1n) is 6.91. The zero-order chi connectivity index (χ0) is 14.6. The Bertz CT molecular complexity index is 353. The maximum Gasteiger partial charge on any atom is 0.319 e. The number of amides is 1. The van der Waals surface area contributed by atoms with E-state index in [0.29, 0.717) is 13.2 Å². The minimum Gasteiger partial charge on any atom is -0.465 e. The number of esters is 1. The number of hydrogen-bond donors (Lipinski definition) is 0. The van der Waals surface area contributed by atoms with Crippen LogP contribution < -0.4 is 0 Å². The summed E-state index contributed by atoms with van der Waals surface area (Å²) in [7, 11) is 0. The second-order valence-electron chi connectivity index (χ2n) is 6.06. The maximum atomic E-state index is 12.7. The zero-order valence-electron chi connectivity index (χ0n) is 12.4. The fourth-order valence-corrected chi connectivity index (χ4v) is 2.16. The van der Waals surface area contributed by atoms with E-state index >= 15 is 0 Å². The van der Waals surface area contributed by atoms with E-state index in [0.717, 1.165) is 12.8 Å². The van der Waals surface area contributed by atoms with E-state index in [2.05, 4.69) is 6.58 Å². The van der Waals surface area contributed by atoms with E-state index in [1.165, 1.54) is 0 Å². The van der Waals surface area contributed by atoms with Crippen molar-refractivity contribution >= 4 is 11.9 Å². The van der Waals surface area contributed by atoms with Gasteiger partial charge in [0.2, 0.25) is 5.91 Å². The van der Waals surface area contributed by atoms with Crippen LogP contribution in [0.25, 0.3) is 0 Å². The van der Waals surface area contributed by atoms with Gasteiger partial charge in [-0.3, -0.25) is 9.59 Å². The quantitative estimate of drug-likeness (QED) is 0.422. The van der Waals surface area contributed by atoms with Crippen LogP contribution in [0, 0.1) is 11.3 Å². The molecule has 0 spiro atoms. The summed E-state index contributed by atoms with van der Waals surface area (Å²) < 4.78 is 5.07. The first-order valence-corrected chi connectivity index (χ1v) is 6.91. The second-order valence-corrected chi connectivity index (χ2v) is 6.06. The largest absolute Gasteiger partial charge is 0.465 e. The third kappa shape index (κ3) is 4.08. The van der Waals surface area contributed by atoms with Crippen LogP contribution in [0.3, 0.4) is 0 Å². The smallest absolute Gasteiger partial charge is 0.319 e. The van der Waals surface area contributed by atoms with Gasteiger partial charge in [-0.15, -0.1) is 6.58 Å². The molecule has 108 valence electrons. The van der Waals surface area contributed by atoms with Crippen LogP contribution in [-0.4, -0.2) is 36.0 Å². The molecule has 1 aliphatic carbocycles. The van der Waals surface area contributed by atoms with Crippen molar-refractivity contribution in [3.8, 4) is 0 Å². The highest BCUT2D eigenvalue weighted by Gasteiger charge is 2.44. The Morgan fingerprint density at radius 1 is 1.42 bits per heavy atom. The van der Waals surface area contributed by atoms with Gasteiger partial charge in [-0.2, -0.15) is 0 Å². The van der Waals surface area contributed by atoms with Crippen molar-refractivity contribution in [2.75, 3.05) is 13.2 Å². The first-order chi connectivity index (χ1) is 8.82. The van der Waals surface area contributed by atoms with E-state index in [4.69, 9.17) is 4.74 Å². The molecule has 0 aromatic carbocycles. The Kier molecular flexibility index (Phi) is 5.15. The van der Waals surface area contributed by atoms with Gasteiger partial charge >= 0.3 is 5.97 Å². The summed E-state index contributed by atoms with van der Waals surface area (Å²) in [4.78, 5) is 26.5. The lowest BCUT2D eigenvalue weighted by molar-refractivity contribution is -0.160. The van der Waals surface area contributed by atoms with Crippen LogP contribution in [0.5, 0.6) is 0 Å². The third-order valence-corrected chi connectivity index (χ3v) is 3.23. The molecule has 0 N–H and O–H groups in total. The lowest BCUT2D eigenvalue weighted by Crippen LogP contribution is -2.46. The molecular formula is C15H25NO3. The van der Waals surface area contributed by atoms with Crippen LogP contribution in [0.15, 0.2) is 12.7 Å². The predicted octanol–water partition coefficient (Wildman–Crippen LogP) is 2.39. The summed E-state index contributed by atoms with van der Waals surface area (Å²) in [5, 5.41) is 0. The van der Waals surface area contributed by atoms with Gasteiger partial charge in [-0.05, 0) is 25.2 Å². The van der Waals surface area contributed by atoms with E-state index in [1.54, 1.807) is 17.9 Å². The molecule has 1 unspecified atom stereocenters. The van der Waals surface area contributed by atoms with Crippen molar-refractivity contribution in [2.45, 2.75) is 46.6 Å². The predicted molar refractivity (Wildman–Crippen MR) is 74.5 cm³/mol. The van der Waals surface area contributed by atoms with Gasteiger partial charge in [0, 0.05) is 12.6 Å². The van der Waals surface area contributed by atoms with Gasteiger partial charge < -0.3 is 9.64 Å². The van der Waals surface area contributed by atoms with E-state index in [1.807, 2.05) is 20.8 Å². The first kappa shape index (κ1) is 15.7. The summed E-state index contributed by atoms with van der Waals surface area (Å²) in [6.07, 6.45) is 3.74. The molecule has 4 heteroatoms. The summed E-state index contributed by atoms with van der Waals surface area (Å²) in [5.41, 5.74) is -0.447. The minimum absolute atomic E-state index is 0.131. The maximum absolute atomic E-state index is 12.7. The Labute approximate surface area is 115 Å². The average molecular weight is 267 g/mol. The lowest BCUT2D eigenvalue weighted by atomic mass is 9.79. The Morgan fingerprint density at radius 3 is 2.37 bits per heavy atom. The number of carbonyl (C=O) groups excluding carboxylic acids is 2. The zero-order valence-corrected chi connectivity index (χ0v) is 12.4. The Morgan fingerprint density at radius 2 is 2.00 bits per heavy atom. The highest BCUT2D eigenvalue weighted by molar-refractivity contribution is 5.99. The van der Waals surface area contributed by atoms with Crippen molar-refractivity contribution < 1.29 is 14.3 Å². The molecule has 1 rings (SSSR count). The summed E-state index contributed by atoms with van der Waals surface area (Å²) >= 11 is 0. The molecule has 19 heavy (non-hydrogen) atoms. The number of rotatable bonds is 6. The lowest BCUT2D eigenvalue weighted by Gasteiger charge is -2.32. The molecule has 0 radical (unpaired) electrons. The number of hydrogen-bond acceptors (Lipinski definition) is 3. The molecular weight excluding hydrogens is 242 g/mol. The molecule has 0 saturated heterocycles. The average Bonchev–Trinajstić information content (AvgIpc) is 3.07. The second kappa shape index (κ2) is 6.22. The van der Waals surface area contributed by atoms with Gasteiger partial charge in [0.05, 0.1) is 6.61 Å². The van der Waals surface area contributed by atoms with Crippen molar-refractivity contribution in [3.63, 3.8) is 0 Å². The van der Waals surface area contributed by atoms with Gasteiger partial charge in [0.1, 0.15) is 5.92 Å².